The maximum atomic E-state index is 13.0. The molecular formula is C28H26N4O3S. The standard InChI is InChI=1S/C28H26N4O3S/c1-18-10-12-19(13-11-18)16-29-26(34)21-6-2-4-8-23(21)30-25(33)17-36-28-31-24-9-5-3-7-22(24)27(35)32(28)20-14-15-20/h2-13,20H,14-17H2,1H3,(H,29,34)(H,30,33). The number of nitrogens with one attached hydrogen (secondary N) is 2. The average Bonchev–Trinajstić information content (AvgIpc) is 3.72. The molecule has 2 amide bonds. The third-order valence-electron chi connectivity index (χ3n) is 6.04. The summed E-state index contributed by atoms with van der Waals surface area (Å²) in [6, 6.07) is 22.3. The second-order valence-corrected chi connectivity index (χ2v) is 9.81. The zero-order valence-corrected chi connectivity index (χ0v) is 20.7. The number of aryl methyl sites for hydroxylation is 1. The fourth-order valence-electron chi connectivity index (χ4n) is 3.97. The first-order chi connectivity index (χ1) is 17.5. The van der Waals surface area contributed by atoms with Crippen LogP contribution in [0.25, 0.3) is 10.9 Å². The van der Waals surface area contributed by atoms with Gasteiger partial charge in [-0.3, -0.25) is 19.0 Å². The Morgan fingerprint density at radius 2 is 1.72 bits per heavy atom. The van der Waals surface area contributed by atoms with Crippen LogP contribution in [0.2, 0.25) is 0 Å². The van der Waals surface area contributed by atoms with Crippen molar-refractivity contribution in [3.05, 3.63) is 99.8 Å². The smallest absolute Gasteiger partial charge is 0.262 e. The van der Waals surface area contributed by atoms with Gasteiger partial charge in [0.2, 0.25) is 5.91 Å². The molecule has 0 unspecified atom stereocenters. The first-order valence-electron chi connectivity index (χ1n) is 11.9. The highest BCUT2D eigenvalue weighted by molar-refractivity contribution is 7.99. The number of rotatable bonds is 8. The predicted molar refractivity (Wildman–Crippen MR) is 142 cm³/mol. The van der Waals surface area contributed by atoms with Gasteiger partial charge in [0.05, 0.1) is 27.9 Å². The quantitative estimate of drug-likeness (QED) is 0.271. The van der Waals surface area contributed by atoms with E-state index in [1.54, 1.807) is 34.9 Å². The second kappa shape index (κ2) is 10.4. The van der Waals surface area contributed by atoms with Crippen LogP contribution in [0.15, 0.2) is 82.7 Å². The molecule has 0 saturated heterocycles. The molecule has 1 aliphatic carbocycles. The van der Waals surface area contributed by atoms with Crippen molar-refractivity contribution in [3.8, 4) is 0 Å². The monoisotopic (exact) mass is 498 g/mol. The Hall–Kier alpha value is -3.91. The molecule has 4 aromatic rings. The molecule has 0 atom stereocenters. The number of amides is 2. The lowest BCUT2D eigenvalue weighted by Crippen LogP contribution is -2.25. The summed E-state index contributed by atoms with van der Waals surface area (Å²) in [6.45, 7) is 2.41. The van der Waals surface area contributed by atoms with Crippen LogP contribution in [0.5, 0.6) is 0 Å². The lowest BCUT2D eigenvalue weighted by atomic mass is 10.1. The molecule has 36 heavy (non-hydrogen) atoms. The van der Waals surface area contributed by atoms with Gasteiger partial charge in [0.1, 0.15) is 0 Å². The highest BCUT2D eigenvalue weighted by atomic mass is 32.2. The van der Waals surface area contributed by atoms with E-state index in [4.69, 9.17) is 0 Å². The SMILES string of the molecule is Cc1ccc(CNC(=O)c2ccccc2NC(=O)CSc2nc3ccccc3c(=O)n2C2CC2)cc1. The first-order valence-corrected chi connectivity index (χ1v) is 12.8. The number of nitrogens with zero attached hydrogens (tertiary/aromatic N) is 2. The zero-order chi connectivity index (χ0) is 25.1. The van der Waals surface area contributed by atoms with Crippen molar-refractivity contribution in [2.45, 2.75) is 37.5 Å². The summed E-state index contributed by atoms with van der Waals surface area (Å²) in [7, 11) is 0. The summed E-state index contributed by atoms with van der Waals surface area (Å²) in [6.07, 6.45) is 1.87. The van der Waals surface area contributed by atoms with Crippen molar-refractivity contribution >= 4 is 40.2 Å². The fourth-order valence-corrected chi connectivity index (χ4v) is 4.84. The minimum Gasteiger partial charge on any atom is -0.348 e. The zero-order valence-electron chi connectivity index (χ0n) is 19.9. The molecule has 2 N–H and O–H groups in total. The van der Waals surface area contributed by atoms with E-state index in [0.29, 0.717) is 33.9 Å². The normalized spacial score (nSPS) is 12.9. The third kappa shape index (κ3) is 5.33. The van der Waals surface area contributed by atoms with E-state index in [9.17, 15) is 14.4 Å². The van der Waals surface area contributed by atoms with Crippen LogP contribution in [0.1, 0.15) is 40.4 Å². The number of fused-ring (bicyclic) bond motifs is 1. The van der Waals surface area contributed by atoms with E-state index >= 15 is 0 Å². The van der Waals surface area contributed by atoms with Gasteiger partial charge in [-0.25, -0.2) is 4.98 Å². The van der Waals surface area contributed by atoms with E-state index in [1.807, 2.05) is 49.4 Å². The first kappa shape index (κ1) is 23.8. The molecule has 0 spiro atoms. The Bertz CT molecular complexity index is 1490. The van der Waals surface area contributed by atoms with Gasteiger partial charge in [0.15, 0.2) is 5.16 Å². The van der Waals surface area contributed by atoms with Gasteiger partial charge in [-0.05, 0) is 49.6 Å². The molecule has 1 aromatic heterocycles. The molecule has 1 aliphatic rings. The fraction of sp³-hybridized carbons (Fsp3) is 0.214. The molecule has 5 rings (SSSR count). The van der Waals surface area contributed by atoms with Gasteiger partial charge in [0.25, 0.3) is 11.5 Å². The maximum Gasteiger partial charge on any atom is 0.262 e. The van der Waals surface area contributed by atoms with Crippen molar-refractivity contribution in [2.75, 3.05) is 11.1 Å². The van der Waals surface area contributed by atoms with Crippen molar-refractivity contribution < 1.29 is 9.59 Å². The second-order valence-electron chi connectivity index (χ2n) is 8.87. The van der Waals surface area contributed by atoms with Crippen molar-refractivity contribution in [1.82, 2.24) is 14.9 Å². The Labute approximate surface area is 212 Å². The molecule has 0 aliphatic heterocycles. The van der Waals surface area contributed by atoms with Crippen molar-refractivity contribution in [3.63, 3.8) is 0 Å². The van der Waals surface area contributed by atoms with E-state index in [0.717, 1.165) is 24.0 Å². The van der Waals surface area contributed by atoms with E-state index in [2.05, 4.69) is 15.6 Å². The summed E-state index contributed by atoms with van der Waals surface area (Å²) >= 11 is 1.23. The highest BCUT2D eigenvalue weighted by Crippen LogP contribution is 2.36. The van der Waals surface area contributed by atoms with Crippen molar-refractivity contribution in [2.24, 2.45) is 0 Å². The van der Waals surface area contributed by atoms with Crippen LogP contribution < -0.4 is 16.2 Å². The van der Waals surface area contributed by atoms with Crippen LogP contribution in [-0.2, 0) is 11.3 Å². The summed E-state index contributed by atoms with van der Waals surface area (Å²) in [5, 5.41) is 6.89. The number of para-hydroxylation sites is 2. The number of aromatic nitrogens is 2. The van der Waals surface area contributed by atoms with E-state index in [-0.39, 0.29) is 29.2 Å². The summed E-state index contributed by atoms with van der Waals surface area (Å²) < 4.78 is 1.72. The summed E-state index contributed by atoms with van der Waals surface area (Å²) in [4.78, 5) is 43.4. The van der Waals surface area contributed by atoms with Crippen LogP contribution in [0.3, 0.4) is 0 Å². The van der Waals surface area contributed by atoms with Gasteiger partial charge in [-0.2, -0.15) is 0 Å². The molecule has 0 bridgehead atoms. The Morgan fingerprint density at radius 1 is 1.00 bits per heavy atom. The van der Waals surface area contributed by atoms with Gasteiger partial charge in [-0.15, -0.1) is 0 Å². The molecule has 1 heterocycles. The topological polar surface area (TPSA) is 93.1 Å². The summed E-state index contributed by atoms with van der Waals surface area (Å²) in [5.74, 6) is -0.474. The molecule has 3 aromatic carbocycles. The minimum atomic E-state index is -0.275. The molecule has 7 nitrogen and oxygen atoms in total. The molecule has 0 radical (unpaired) electrons. The number of hydrogen-bond acceptors (Lipinski definition) is 5. The Kier molecular flexibility index (Phi) is 6.86. The van der Waals surface area contributed by atoms with Crippen LogP contribution in [-0.4, -0.2) is 27.1 Å². The number of benzene rings is 3. The number of thioether (sulfide) groups is 1. The number of carbonyl (C=O) groups excluding carboxylic acids is 2. The lowest BCUT2D eigenvalue weighted by molar-refractivity contribution is -0.113. The lowest BCUT2D eigenvalue weighted by Gasteiger charge is -2.13. The molecule has 1 fully saturated rings. The van der Waals surface area contributed by atoms with E-state index < -0.39 is 0 Å². The van der Waals surface area contributed by atoms with Gasteiger partial charge in [-0.1, -0.05) is 65.9 Å². The highest BCUT2D eigenvalue weighted by Gasteiger charge is 2.28. The number of hydrogen-bond donors (Lipinski definition) is 2. The minimum absolute atomic E-state index is 0.0663. The van der Waals surface area contributed by atoms with E-state index in [1.165, 1.54) is 11.8 Å². The number of anilines is 1. The van der Waals surface area contributed by atoms with Crippen molar-refractivity contribution in [1.29, 1.82) is 0 Å². The maximum absolute atomic E-state index is 13.0. The molecular weight excluding hydrogens is 472 g/mol. The Balaban J connectivity index is 1.27. The van der Waals surface area contributed by atoms with Crippen LogP contribution in [0.4, 0.5) is 5.69 Å². The third-order valence-corrected chi connectivity index (χ3v) is 6.99. The molecule has 8 heteroatoms. The van der Waals surface area contributed by atoms with Crippen LogP contribution in [0, 0.1) is 6.92 Å². The number of carbonyl (C=O) groups is 2. The molecule has 182 valence electrons. The van der Waals surface area contributed by atoms with Gasteiger partial charge < -0.3 is 10.6 Å². The predicted octanol–water partition coefficient (Wildman–Crippen LogP) is 4.70. The van der Waals surface area contributed by atoms with Gasteiger partial charge in [0, 0.05) is 12.6 Å². The largest absolute Gasteiger partial charge is 0.348 e. The molecule has 1 saturated carbocycles. The van der Waals surface area contributed by atoms with Gasteiger partial charge >= 0.3 is 0 Å². The van der Waals surface area contributed by atoms with Crippen LogP contribution >= 0.6 is 11.8 Å². The summed E-state index contributed by atoms with van der Waals surface area (Å²) in [5.41, 5.74) is 3.54. The average molecular weight is 499 g/mol. The Morgan fingerprint density at radius 3 is 2.50 bits per heavy atom.